The molecular weight excluding hydrogens is 470 g/mol. The first-order valence-electron chi connectivity index (χ1n) is 12.0. The summed E-state index contributed by atoms with van der Waals surface area (Å²) in [7, 11) is 1.68. The van der Waals surface area contributed by atoms with E-state index in [4.69, 9.17) is 26.3 Å². The molecule has 0 bridgehead atoms. The zero-order valence-electron chi connectivity index (χ0n) is 20.0. The molecule has 0 amide bonds. The minimum atomic E-state index is 0.790. The van der Waals surface area contributed by atoms with Gasteiger partial charge in [0.15, 0.2) is 5.65 Å². The van der Waals surface area contributed by atoms with Crippen molar-refractivity contribution in [1.82, 2.24) is 14.5 Å². The molecular formula is C29H26ClN5O. The summed E-state index contributed by atoms with van der Waals surface area (Å²) in [6.07, 6.45) is 3.84. The monoisotopic (exact) mass is 495 g/mol. The van der Waals surface area contributed by atoms with Gasteiger partial charge in [0.1, 0.15) is 17.9 Å². The minimum Gasteiger partial charge on any atom is -0.497 e. The summed E-state index contributed by atoms with van der Waals surface area (Å²) < 4.78 is 7.50. The van der Waals surface area contributed by atoms with Crippen molar-refractivity contribution >= 4 is 34.1 Å². The van der Waals surface area contributed by atoms with Crippen LogP contribution in [0.3, 0.4) is 0 Å². The number of para-hydroxylation sites is 1. The van der Waals surface area contributed by atoms with Crippen molar-refractivity contribution in [3.05, 3.63) is 96.4 Å². The predicted octanol–water partition coefficient (Wildman–Crippen LogP) is 6.08. The largest absolute Gasteiger partial charge is 0.497 e. The molecule has 0 N–H and O–H groups in total. The van der Waals surface area contributed by atoms with Crippen molar-refractivity contribution in [2.45, 2.75) is 0 Å². The fraction of sp³-hybridized carbons (Fsp3) is 0.172. The van der Waals surface area contributed by atoms with Crippen molar-refractivity contribution in [2.75, 3.05) is 43.1 Å². The molecule has 0 aliphatic carbocycles. The van der Waals surface area contributed by atoms with Crippen LogP contribution in [0.4, 0.5) is 11.5 Å². The van der Waals surface area contributed by atoms with Gasteiger partial charge in [-0.25, -0.2) is 9.97 Å². The smallest absolute Gasteiger partial charge is 0.150 e. The molecule has 0 spiro atoms. The number of fused-ring (bicyclic) bond motifs is 1. The summed E-state index contributed by atoms with van der Waals surface area (Å²) in [5.74, 6) is 1.79. The van der Waals surface area contributed by atoms with Gasteiger partial charge in [0.25, 0.3) is 0 Å². The number of piperazine rings is 1. The maximum Gasteiger partial charge on any atom is 0.150 e. The lowest BCUT2D eigenvalue weighted by atomic mass is 10.1. The summed E-state index contributed by atoms with van der Waals surface area (Å²) in [6, 6.07) is 26.5. The Kier molecular flexibility index (Phi) is 5.95. The molecule has 0 unspecified atom stereocenters. The van der Waals surface area contributed by atoms with Crippen LogP contribution >= 0.6 is 11.6 Å². The third-order valence-electron chi connectivity index (χ3n) is 6.77. The lowest BCUT2D eigenvalue weighted by molar-refractivity contribution is 0.415. The van der Waals surface area contributed by atoms with Crippen LogP contribution in [0.15, 0.2) is 91.4 Å². The fourth-order valence-electron chi connectivity index (χ4n) is 4.93. The van der Waals surface area contributed by atoms with E-state index in [1.165, 1.54) is 0 Å². The van der Waals surface area contributed by atoms with E-state index in [-0.39, 0.29) is 0 Å². The van der Waals surface area contributed by atoms with Crippen LogP contribution in [-0.4, -0.2) is 47.8 Å². The highest BCUT2D eigenvalue weighted by molar-refractivity contribution is 6.33. The van der Waals surface area contributed by atoms with Crippen LogP contribution in [0.2, 0.25) is 5.02 Å². The van der Waals surface area contributed by atoms with Crippen molar-refractivity contribution in [3.63, 3.8) is 0 Å². The number of halogens is 1. The third kappa shape index (κ3) is 4.03. The average Bonchev–Trinajstić information content (AvgIpc) is 3.34. The summed E-state index contributed by atoms with van der Waals surface area (Å²) in [4.78, 5) is 14.3. The molecule has 2 aromatic heterocycles. The molecule has 3 heterocycles. The molecule has 180 valence electrons. The first kappa shape index (κ1) is 22.4. The molecule has 6 nitrogen and oxygen atoms in total. The topological polar surface area (TPSA) is 46.4 Å². The van der Waals surface area contributed by atoms with Crippen molar-refractivity contribution in [3.8, 4) is 22.6 Å². The predicted molar refractivity (Wildman–Crippen MR) is 147 cm³/mol. The molecule has 6 rings (SSSR count). The molecule has 36 heavy (non-hydrogen) atoms. The molecule has 3 aromatic carbocycles. The lowest BCUT2D eigenvalue weighted by Gasteiger charge is -2.37. The number of anilines is 2. The summed E-state index contributed by atoms with van der Waals surface area (Å²) in [6.45, 7) is 3.43. The van der Waals surface area contributed by atoms with E-state index in [2.05, 4.69) is 63.0 Å². The number of benzene rings is 3. The number of rotatable bonds is 5. The van der Waals surface area contributed by atoms with Gasteiger partial charge in [-0.05, 0) is 42.0 Å². The van der Waals surface area contributed by atoms with E-state index in [1.807, 2.05) is 36.4 Å². The van der Waals surface area contributed by atoms with Crippen LogP contribution in [0, 0.1) is 0 Å². The number of nitrogens with zero attached hydrogens (tertiary/aromatic N) is 5. The van der Waals surface area contributed by atoms with Crippen LogP contribution < -0.4 is 14.5 Å². The molecule has 0 atom stereocenters. The van der Waals surface area contributed by atoms with Gasteiger partial charge >= 0.3 is 0 Å². The molecule has 1 aliphatic heterocycles. The minimum absolute atomic E-state index is 0.790. The van der Waals surface area contributed by atoms with Crippen molar-refractivity contribution in [2.24, 2.45) is 0 Å². The number of hydrogen-bond acceptors (Lipinski definition) is 5. The summed E-state index contributed by atoms with van der Waals surface area (Å²) in [5.41, 5.74) is 5.25. The van der Waals surface area contributed by atoms with Gasteiger partial charge in [0.05, 0.1) is 23.2 Å². The zero-order chi connectivity index (χ0) is 24.5. The average molecular weight is 496 g/mol. The standard InChI is InChI=1S/C29H26ClN5O/c1-36-23-13-11-22(12-14-23)35-19-24(21-7-3-2-4-8-21)27-28(31-20-32-29(27)35)34-17-15-33(16-18-34)26-10-6-5-9-25(26)30/h2-14,19-20H,15-18H2,1H3. The number of aromatic nitrogens is 3. The van der Waals surface area contributed by atoms with Crippen molar-refractivity contribution < 1.29 is 4.74 Å². The van der Waals surface area contributed by atoms with E-state index in [9.17, 15) is 0 Å². The first-order chi connectivity index (χ1) is 17.7. The van der Waals surface area contributed by atoms with E-state index in [0.29, 0.717) is 0 Å². The Bertz CT molecular complexity index is 1490. The first-order valence-corrected chi connectivity index (χ1v) is 12.4. The molecule has 0 radical (unpaired) electrons. The second kappa shape index (κ2) is 9.55. The Labute approximate surface area is 215 Å². The zero-order valence-corrected chi connectivity index (χ0v) is 20.8. The number of methoxy groups -OCH3 is 1. The quantitative estimate of drug-likeness (QED) is 0.296. The van der Waals surface area contributed by atoms with Gasteiger partial charge in [-0.3, -0.25) is 0 Å². The summed E-state index contributed by atoms with van der Waals surface area (Å²) >= 11 is 6.47. The maximum absolute atomic E-state index is 6.47. The van der Waals surface area contributed by atoms with Crippen LogP contribution in [0.1, 0.15) is 0 Å². The normalized spacial score (nSPS) is 13.8. The van der Waals surface area contributed by atoms with Gasteiger partial charge in [-0.1, -0.05) is 54.1 Å². The van der Waals surface area contributed by atoms with Gasteiger partial charge in [-0.15, -0.1) is 0 Å². The Morgan fingerprint density at radius 1 is 0.778 bits per heavy atom. The Balaban J connectivity index is 1.42. The molecule has 1 saturated heterocycles. The maximum atomic E-state index is 6.47. The highest BCUT2D eigenvalue weighted by Crippen LogP contribution is 2.37. The Hall–Kier alpha value is -4.03. The highest BCUT2D eigenvalue weighted by atomic mass is 35.5. The van der Waals surface area contributed by atoms with Gasteiger partial charge < -0.3 is 19.1 Å². The molecule has 1 aliphatic rings. The van der Waals surface area contributed by atoms with Crippen LogP contribution in [-0.2, 0) is 0 Å². The summed E-state index contributed by atoms with van der Waals surface area (Å²) in [5, 5.41) is 1.85. The Morgan fingerprint density at radius 2 is 1.47 bits per heavy atom. The van der Waals surface area contributed by atoms with Crippen molar-refractivity contribution in [1.29, 1.82) is 0 Å². The van der Waals surface area contributed by atoms with Gasteiger partial charge in [0, 0.05) is 43.6 Å². The molecule has 7 heteroatoms. The number of hydrogen-bond donors (Lipinski definition) is 0. The van der Waals surface area contributed by atoms with Crippen LogP contribution in [0.5, 0.6) is 5.75 Å². The number of ether oxygens (including phenoxy) is 1. The van der Waals surface area contributed by atoms with E-state index >= 15 is 0 Å². The second-order valence-electron chi connectivity index (χ2n) is 8.80. The van der Waals surface area contributed by atoms with Gasteiger partial charge in [-0.2, -0.15) is 0 Å². The second-order valence-corrected chi connectivity index (χ2v) is 9.21. The molecule has 1 fully saturated rings. The molecule has 0 saturated carbocycles. The van der Waals surface area contributed by atoms with E-state index < -0.39 is 0 Å². The molecule has 5 aromatic rings. The SMILES string of the molecule is COc1ccc(-n2cc(-c3ccccc3)c3c(N4CCN(c5ccccc5Cl)CC4)ncnc32)cc1. The van der Waals surface area contributed by atoms with Gasteiger partial charge in [0.2, 0.25) is 0 Å². The highest BCUT2D eigenvalue weighted by Gasteiger charge is 2.24. The van der Waals surface area contributed by atoms with Crippen LogP contribution in [0.25, 0.3) is 27.8 Å². The fourth-order valence-corrected chi connectivity index (χ4v) is 5.18. The Morgan fingerprint density at radius 3 is 2.19 bits per heavy atom. The lowest BCUT2D eigenvalue weighted by Crippen LogP contribution is -2.47. The van der Waals surface area contributed by atoms with E-state index in [0.717, 1.165) is 76.3 Å². The van der Waals surface area contributed by atoms with E-state index in [1.54, 1.807) is 13.4 Å². The third-order valence-corrected chi connectivity index (χ3v) is 7.09.